The van der Waals surface area contributed by atoms with Crippen molar-refractivity contribution in [2.45, 2.75) is 6.92 Å². The van der Waals surface area contributed by atoms with Crippen LogP contribution in [0.15, 0.2) is 41.4 Å². The number of pyridine rings is 1. The molecule has 1 aliphatic heterocycles. The van der Waals surface area contributed by atoms with Gasteiger partial charge in [-0.2, -0.15) is 0 Å². The zero-order valence-corrected chi connectivity index (χ0v) is 17.1. The molecule has 1 saturated heterocycles. The van der Waals surface area contributed by atoms with Crippen molar-refractivity contribution in [3.63, 3.8) is 0 Å². The van der Waals surface area contributed by atoms with Crippen LogP contribution in [-0.2, 0) is 4.79 Å². The second-order valence-corrected chi connectivity index (χ2v) is 7.78. The Morgan fingerprint density at radius 2 is 2.04 bits per heavy atom. The van der Waals surface area contributed by atoms with E-state index in [1.807, 2.05) is 6.92 Å². The van der Waals surface area contributed by atoms with Gasteiger partial charge in [0.15, 0.2) is 0 Å². The Morgan fingerprint density at radius 3 is 2.71 bits per heavy atom. The summed E-state index contributed by atoms with van der Waals surface area (Å²) in [5, 5.41) is 3.15. The van der Waals surface area contributed by atoms with Crippen LogP contribution in [0.5, 0.6) is 0 Å². The first kappa shape index (κ1) is 20.4. The van der Waals surface area contributed by atoms with Gasteiger partial charge in [0.25, 0.3) is 17.1 Å². The van der Waals surface area contributed by atoms with Crippen molar-refractivity contribution in [2.75, 3.05) is 13.1 Å². The molecule has 0 saturated carbocycles. The van der Waals surface area contributed by atoms with E-state index >= 15 is 0 Å². The van der Waals surface area contributed by atoms with Crippen LogP contribution in [0.25, 0.3) is 6.08 Å². The number of nitrogens with zero attached hydrogens (tertiary/aromatic N) is 2. The molecule has 0 atom stereocenters. The number of rotatable bonds is 5. The number of hydrogen-bond donors (Lipinski definition) is 1. The molecule has 1 aliphatic rings. The summed E-state index contributed by atoms with van der Waals surface area (Å²) in [5.41, 5.74) is 1.82. The standard InChI is InChI=1S/C19H15Cl2N3O3S/c1-11-2-3-13(10-23-11)17(25)22-6-7-24-18(26)16(28-19(24)27)8-12-4-5-14(20)9-15(12)21/h2-5,8-10H,6-7H2,1H3,(H,22,25)/b16-8-. The lowest BCUT2D eigenvalue weighted by molar-refractivity contribution is -0.122. The maximum Gasteiger partial charge on any atom is 0.293 e. The third kappa shape index (κ3) is 4.73. The van der Waals surface area contributed by atoms with Crippen LogP contribution >= 0.6 is 35.0 Å². The Bertz CT molecular complexity index is 977. The smallest absolute Gasteiger partial charge is 0.293 e. The second-order valence-electron chi connectivity index (χ2n) is 5.94. The van der Waals surface area contributed by atoms with Crippen molar-refractivity contribution >= 4 is 58.1 Å². The van der Waals surface area contributed by atoms with Crippen molar-refractivity contribution in [2.24, 2.45) is 0 Å². The molecule has 3 amide bonds. The Balaban J connectivity index is 1.61. The second kappa shape index (κ2) is 8.77. The summed E-state index contributed by atoms with van der Waals surface area (Å²) >= 11 is 12.8. The molecule has 2 aromatic rings. The minimum atomic E-state index is -0.424. The fraction of sp³-hybridized carbons (Fsp3) is 0.158. The molecule has 0 spiro atoms. The number of benzene rings is 1. The average Bonchev–Trinajstić information content (AvgIpc) is 2.92. The van der Waals surface area contributed by atoms with Gasteiger partial charge < -0.3 is 5.32 Å². The van der Waals surface area contributed by atoms with Crippen molar-refractivity contribution in [1.29, 1.82) is 0 Å². The fourth-order valence-corrected chi connectivity index (χ4v) is 3.76. The number of hydrogen-bond acceptors (Lipinski definition) is 5. The molecule has 6 nitrogen and oxygen atoms in total. The zero-order valence-electron chi connectivity index (χ0n) is 14.7. The molecule has 1 fully saturated rings. The van der Waals surface area contributed by atoms with Gasteiger partial charge in [0.1, 0.15) is 0 Å². The van der Waals surface area contributed by atoms with Gasteiger partial charge in [-0.1, -0.05) is 29.3 Å². The predicted octanol–water partition coefficient (Wildman–Crippen LogP) is 4.16. The summed E-state index contributed by atoms with van der Waals surface area (Å²) in [7, 11) is 0. The van der Waals surface area contributed by atoms with Crippen LogP contribution in [-0.4, -0.2) is 40.0 Å². The predicted molar refractivity (Wildman–Crippen MR) is 110 cm³/mol. The number of nitrogens with one attached hydrogen (secondary N) is 1. The van der Waals surface area contributed by atoms with Crippen molar-refractivity contribution < 1.29 is 14.4 Å². The third-order valence-corrected chi connectivity index (χ3v) is 5.39. The average molecular weight is 436 g/mol. The quantitative estimate of drug-likeness (QED) is 0.712. The van der Waals surface area contributed by atoms with E-state index in [1.54, 1.807) is 36.4 Å². The van der Waals surface area contributed by atoms with Crippen molar-refractivity contribution in [1.82, 2.24) is 15.2 Å². The highest BCUT2D eigenvalue weighted by molar-refractivity contribution is 8.18. The molecule has 1 aromatic carbocycles. The van der Waals surface area contributed by atoms with E-state index in [0.29, 0.717) is 21.2 Å². The Kier molecular flexibility index (Phi) is 6.39. The molecule has 0 radical (unpaired) electrons. The van der Waals surface area contributed by atoms with Gasteiger partial charge >= 0.3 is 0 Å². The maximum atomic E-state index is 12.5. The minimum absolute atomic E-state index is 0.0708. The van der Waals surface area contributed by atoms with E-state index in [-0.39, 0.29) is 23.9 Å². The van der Waals surface area contributed by atoms with E-state index in [4.69, 9.17) is 23.2 Å². The lowest BCUT2D eigenvalue weighted by Crippen LogP contribution is -2.37. The van der Waals surface area contributed by atoms with Gasteiger partial charge in [0.05, 0.1) is 10.5 Å². The third-order valence-electron chi connectivity index (χ3n) is 3.92. The van der Waals surface area contributed by atoms with E-state index in [9.17, 15) is 14.4 Å². The summed E-state index contributed by atoms with van der Waals surface area (Å²) < 4.78 is 0. The fourth-order valence-electron chi connectivity index (χ4n) is 2.44. The van der Waals surface area contributed by atoms with Crippen molar-refractivity contribution in [3.05, 3.63) is 68.3 Å². The van der Waals surface area contributed by atoms with E-state index in [2.05, 4.69) is 10.3 Å². The molecule has 1 aromatic heterocycles. The lowest BCUT2D eigenvalue weighted by atomic mass is 10.2. The molecule has 0 bridgehead atoms. The highest BCUT2D eigenvalue weighted by Gasteiger charge is 2.34. The van der Waals surface area contributed by atoms with Gasteiger partial charge in [0.2, 0.25) is 0 Å². The molecule has 0 unspecified atom stereocenters. The highest BCUT2D eigenvalue weighted by Crippen LogP contribution is 2.33. The van der Waals surface area contributed by atoms with Gasteiger partial charge in [-0.05, 0) is 54.6 Å². The summed E-state index contributed by atoms with van der Waals surface area (Å²) in [6.07, 6.45) is 3.03. The molecule has 3 rings (SSSR count). The van der Waals surface area contributed by atoms with Gasteiger partial charge in [-0.25, -0.2) is 0 Å². The van der Waals surface area contributed by atoms with Crippen molar-refractivity contribution in [3.8, 4) is 0 Å². The number of amides is 3. The van der Waals surface area contributed by atoms with Gasteiger partial charge in [0, 0.05) is 35.0 Å². The topological polar surface area (TPSA) is 79.4 Å². The van der Waals surface area contributed by atoms with E-state index in [0.717, 1.165) is 22.4 Å². The first-order valence-electron chi connectivity index (χ1n) is 8.26. The van der Waals surface area contributed by atoms with Gasteiger partial charge in [-0.15, -0.1) is 0 Å². The molecule has 2 heterocycles. The van der Waals surface area contributed by atoms with Crippen LogP contribution in [0.3, 0.4) is 0 Å². The number of halogens is 2. The molecule has 9 heteroatoms. The Morgan fingerprint density at radius 1 is 1.25 bits per heavy atom. The number of carbonyl (C=O) groups excluding carboxylic acids is 3. The number of aryl methyl sites for hydroxylation is 1. The monoisotopic (exact) mass is 435 g/mol. The maximum absolute atomic E-state index is 12.5. The molecular weight excluding hydrogens is 421 g/mol. The van der Waals surface area contributed by atoms with E-state index in [1.165, 1.54) is 6.20 Å². The summed E-state index contributed by atoms with van der Waals surface area (Å²) in [5.74, 6) is -0.741. The molecule has 144 valence electrons. The van der Waals surface area contributed by atoms with E-state index < -0.39 is 11.1 Å². The first-order chi connectivity index (χ1) is 13.3. The normalized spacial score (nSPS) is 15.4. The Labute approximate surface area is 175 Å². The largest absolute Gasteiger partial charge is 0.350 e. The highest BCUT2D eigenvalue weighted by atomic mass is 35.5. The summed E-state index contributed by atoms with van der Waals surface area (Å²) in [6, 6.07) is 8.29. The number of aromatic nitrogens is 1. The van der Waals surface area contributed by atoms with Gasteiger partial charge in [-0.3, -0.25) is 24.3 Å². The number of carbonyl (C=O) groups is 3. The number of thioether (sulfide) groups is 1. The minimum Gasteiger partial charge on any atom is -0.350 e. The van der Waals surface area contributed by atoms with Crippen LogP contribution in [0.2, 0.25) is 10.0 Å². The molecular formula is C19H15Cl2N3O3S. The molecule has 1 N–H and O–H groups in total. The van der Waals surface area contributed by atoms with Crippen LogP contribution in [0.1, 0.15) is 21.6 Å². The first-order valence-corrected chi connectivity index (χ1v) is 9.83. The Hall–Kier alpha value is -2.35. The van der Waals surface area contributed by atoms with Crippen LogP contribution in [0.4, 0.5) is 4.79 Å². The summed E-state index contributed by atoms with van der Waals surface area (Å²) in [6.45, 7) is 2.04. The lowest BCUT2D eigenvalue weighted by Gasteiger charge is -2.13. The SMILES string of the molecule is Cc1ccc(C(=O)NCCN2C(=O)S/C(=C\c3ccc(Cl)cc3Cl)C2=O)cn1. The van der Waals surface area contributed by atoms with Crippen LogP contribution in [0, 0.1) is 6.92 Å². The zero-order chi connectivity index (χ0) is 20.3. The van der Waals surface area contributed by atoms with Crippen LogP contribution < -0.4 is 5.32 Å². The molecule has 28 heavy (non-hydrogen) atoms. The summed E-state index contributed by atoms with van der Waals surface area (Å²) in [4.78, 5) is 42.2. The molecule has 0 aliphatic carbocycles. The number of imide groups is 1.